The van der Waals surface area contributed by atoms with E-state index in [0.29, 0.717) is 17.0 Å². The minimum atomic E-state index is -0.177. The topological polar surface area (TPSA) is 24.9 Å². The van der Waals surface area contributed by atoms with Crippen molar-refractivity contribution in [1.82, 2.24) is 4.98 Å². The Morgan fingerprint density at radius 2 is 2.10 bits per heavy atom. The van der Waals surface area contributed by atoms with E-state index in [9.17, 15) is 4.39 Å². The van der Waals surface area contributed by atoms with Crippen molar-refractivity contribution >= 4 is 38.8 Å². The Labute approximate surface area is 131 Å². The van der Waals surface area contributed by atoms with E-state index in [0.717, 1.165) is 15.9 Å². The van der Waals surface area contributed by atoms with Gasteiger partial charge in [-0.05, 0) is 37.1 Å². The zero-order chi connectivity index (χ0) is 14.8. The molecule has 3 rings (SSSR count). The SMILES string of the molecule is CC(Cc1ccccc1F)Nc1c(Cl)ccc2scnc12. The smallest absolute Gasteiger partial charge is 0.126 e. The van der Waals surface area contributed by atoms with Gasteiger partial charge in [-0.25, -0.2) is 9.37 Å². The Morgan fingerprint density at radius 3 is 2.90 bits per heavy atom. The highest BCUT2D eigenvalue weighted by atomic mass is 35.5. The lowest BCUT2D eigenvalue weighted by Crippen LogP contribution is -2.19. The summed E-state index contributed by atoms with van der Waals surface area (Å²) < 4.78 is 14.8. The summed E-state index contributed by atoms with van der Waals surface area (Å²) in [6.45, 7) is 2.01. The molecule has 2 nitrogen and oxygen atoms in total. The molecule has 0 bridgehead atoms. The molecule has 0 amide bonds. The molecule has 0 aliphatic heterocycles. The van der Waals surface area contributed by atoms with Gasteiger partial charge >= 0.3 is 0 Å². The van der Waals surface area contributed by atoms with Crippen LogP contribution in [0.5, 0.6) is 0 Å². The van der Waals surface area contributed by atoms with Crippen molar-refractivity contribution in [2.75, 3.05) is 5.32 Å². The summed E-state index contributed by atoms with van der Waals surface area (Å²) in [6.07, 6.45) is 0.587. The Hall–Kier alpha value is -1.65. The summed E-state index contributed by atoms with van der Waals surface area (Å²) in [4.78, 5) is 4.35. The number of anilines is 1. The number of hydrogen-bond acceptors (Lipinski definition) is 3. The molecule has 1 unspecified atom stereocenters. The fourth-order valence-electron chi connectivity index (χ4n) is 2.34. The predicted octanol–water partition coefficient (Wildman–Crippen LogP) is 5.13. The van der Waals surface area contributed by atoms with Gasteiger partial charge in [0, 0.05) is 6.04 Å². The number of fused-ring (bicyclic) bond motifs is 1. The van der Waals surface area contributed by atoms with Crippen LogP contribution in [0.25, 0.3) is 10.2 Å². The summed E-state index contributed by atoms with van der Waals surface area (Å²) >= 11 is 7.84. The third-order valence-electron chi connectivity index (χ3n) is 3.33. The van der Waals surface area contributed by atoms with Crippen molar-refractivity contribution in [2.24, 2.45) is 0 Å². The van der Waals surface area contributed by atoms with Gasteiger partial charge in [0.2, 0.25) is 0 Å². The summed E-state index contributed by atoms with van der Waals surface area (Å²) in [6, 6.07) is 10.7. The standard InChI is InChI=1S/C16H14ClFN2S/c1-10(8-11-4-2-3-5-13(11)18)20-15-12(17)6-7-14-16(15)19-9-21-14/h2-7,9-10,20H,8H2,1H3. The molecule has 5 heteroatoms. The van der Waals surface area contributed by atoms with Gasteiger partial charge in [-0.1, -0.05) is 29.8 Å². The lowest BCUT2D eigenvalue weighted by Gasteiger charge is -2.17. The van der Waals surface area contributed by atoms with Gasteiger partial charge in [-0.15, -0.1) is 11.3 Å². The lowest BCUT2D eigenvalue weighted by molar-refractivity contribution is 0.601. The summed E-state index contributed by atoms with van der Waals surface area (Å²) in [5.41, 5.74) is 4.18. The Bertz CT molecular complexity index is 772. The Kier molecular flexibility index (Phi) is 4.08. The first-order valence-corrected chi connectivity index (χ1v) is 7.92. The molecule has 1 heterocycles. The molecule has 21 heavy (non-hydrogen) atoms. The van der Waals surface area contributed by atoms with Gasteiger partial charge in [0.15, 0.2) is 0 Å². The molecular weight excluding hydrogens is 307 g/mol. The van der Waals surface area contributed by atoms with Crippen LogP contribution in [-0.2, 0) is 6.42 Å². The zero-order valence-corrected chi connectivity index (χ0v) is 13.0. The molecule has 0 saturated heterocycles. The average Bonchev–Trinajstić information content (AvgIpc) is 2.93. The number of halogens is 2. The molecule has 1 aromatic heterocycles. The quantitative estimate of drug-likeness (QED) is 0.720. The van der Waals surface area contributed by atoms with E-state index in [-0.39, 0.29) is 11.9 Å². The van der Waals surface area contributed by atoms with Crippen LogP contribution < -0.4 is 5.32 Å². The normalized spacial score (nSPS) is 12.5. The second-order valence-electron chi connectivity index (χ2n) is 4.96. The van der Waals surface area contributed by atoms with Crippen LogP contribution in [0.15, 0.2) is 41.9 Å². The van der Waals surface area contributed by atoms with E-state index in [1.54, 1.807) is 29.0 Å². The van der Waals surface area contributed by atoms with Crippen molar-refractivity contribution in [2.45, 2.75) is 19.4 Å². The molecule has 0 saturated carbocycles. The predicted molar refractivity (Wildman–Crippen MR) is 87.8 cm³/mol. The molecule has 2 aromatic carbocycles. The minimum Gasteiger partial charge on any atom is -0.379 e. The first-order chi connectivity index (χ1) is 10.1. The van der Waals surface area contributed by atoms with Crippen molar-refractivity contribution in [3.05, 3.63) is 58.3 Å². The van der Waals surface area contributed by atoms with Crippen molar-refractivity contribution < 1.29 is 4.39 Å². The maximum atomic E-state index is 13.7. The molecule has 3 aromatic rings. The van der Waals surface area contributed by atoms with E-state index in [4.69, 9.17) is 11.6 Å². The zero-order valence-electron chi connectivity index (χ0n) is 11.4. The van der Waals surface area contributed by atoms with E-state index in [1.165, 1.54) is 6.07 Å². The number of thiazole rings is 1. The van der Waals surface area contributed by atoms with E-state index in [2.05, 4.69) is 10.3 Å². The summed E-state index contributed by atoms with van der Waals surface area (Å²) in [5.74, 6) is -0.177. The summed E-state index contributed by atoms with van der Waals surface area (Å²) in [7, 11) is 0. The molecule has 0 aliphatic carbocycles. The highest BCUT2D eigenvalue weighted by molar-refractivity contribution is 7.16. The number of hydrogen-bond donors (Lipinski definition) is 1. The fraction of sp³-hybridized carbons (Fsp3) is 0.188. The largest absolute Gasteiger partial charge is 0.379 e. The Morgan fingerprint density at radius 1 is 1.29 bits per heavy atom. The summed E-state index contributed by atoms with van der Waals surface area (Å²) in [5, 5.41) is 3.99. The highest BCUT2D eigenvalue weighted by Gasteiger charge is 2.13. The molecule has 108 valence electrons. The van der Waals surface area contributed by atoms with Gasteiger partial charge in [-0.3, -0.25) is 0 Å². The third kappa shape index (κ3) is 3.01. The van der Waals surface area contributed by atoms with Crippen LogP contribution >= 0.6 is 22.9 Å². The molecule has 1 N–H and O–H groups in total. The minimum absolute atomic E-state index is 0.0479. The van der Waals surface area contributed by atoms with Gasteiger partial charge in [0.25, 0.3) is 0 Å². The van der Waals surface area contributed by atoms with E-state index < -0.39 is 0 Å². The molecule has 0 spiro atoms. The molecule has 0 aliphatic rings. The van der Waals surface area contributed by atoms with Crippen LogP contribution in [0.4, 0.5) is 10.1 Å². The van der Waals surface area contributed by atoms with Crippen molar-refractivity contribution in [1.29, 1.82) is 0 Å². The maximum absolute atomic E-state index is 13.7. The van der Waals surface area contributed by atoms with Crippen LogP contribution in [0.3, 0.4) is 0 Å². The van der Waals surface area contributed by atoms with Crippen LogP contribution in [0.1, 0.15) is 12.5 Å². The first kappa shape index (κ1) is 14.3. The molecule has 0 fully saturated rings. The fourth-order valence-corrected chi connectivity index (χ4v) is 3.23. The number of nitrogens with zero attached hydrogens (tertiary/aromatic N) is 1. The van der Waals surface area contributed by atoms with Gasteiger partial charge < -0.3 is 5.32 Å². The monoisotopic (exact) mass is 320 g/mol. The molecular formula is C16H14ClFN2S. The Balaban J connectivity index is 1.83. The van der Waals surface area contributed by atoms with E-state index in [1.807, 2.05) is 25.1 Å². The van der Waals surface area contributed by atoms with Crippen LogP contribution in [0, 0.1) is 5.82 Å². The molecule has 1 atom stereocenters. The first-order valence-electron chi connectivity index (χ1n) is 6.67. The van der Waals surface area contributed by atoms with Crippen LogP contribution in [0.2, 0.25) is 5.02 Å². The van der Waals surface area contributed by atoms with E-state index >= 15 is 0 Å². The van der Waals surface area contributed by atoms with Gasteiger partial charge in [0.1, 0.15) is 11.3 Å². The highest BCUT2D eigenvalue weighted by Crippen LogP contribution is 2.33. The number of aromatic nitrogens is 1. The lowest BCUT2D eigenvalue weighted by atomic mass is 10.1. The average molecular weight is 321 g/mol. The number of benzene rings is 2. The second kappa shape index (κ2) is 6.00. The maximum Gasteiger partial charge on any atom is 0.126 e. The van der Waals surface area contributed by atoms with Gasteiger partial charge in [0.05, 0.1) is 20.9 Å². The second-order valence-corrected chi connectivity index (χ2v) is 6.26. The van der Waals surface area contributed by atoms with Crippen molar-refractivity contribution in [3.8, 4) is 0 Å². The molecule has 0 radical (unpaired) electrons. The number of rotatable bonds is 4. The third-order valence-corrected chi connectivity index (χ3v) is 4.44. The van der Waals surface area contributed by atoms with Crippen LogP contribution in [-0.4, -0.2) is 11.0 Å². The van der Waals surface area contributed by atoms with Crippen molar-refractivity contribution in [3.63, 3.8) is 0 Å². The number of nitrogens with one attached hydrogen (secondary N) is 1. The van der Waals surface area contributed by atoms with Gasteiger partial charge in [-0.2, -0.15) is 0 Å².